The number of carbonyl (C=O) groups excluding carboxylic acids is 1. The molecule has 1 atom stereocenters. The van der Waals surface area contributed by atoms with Crippen LogP contribution in [0.15, 0.2) is 37.1 Å². The number of aryl methyl sites for hydroxylation is 1. The van der Waals surface area contributed by atoms with Crippen molar-refractivity contribution in [3.05, 3.63) is 48.4 Å². The van der Waals surface area contributed by atoms with Crippen LogP contribution in [0.2, 0.25) is 0 Å². The van der Waals surface area contributed by atoms with Crippen LogP contribution >= 0.6 is 0 Å². The number of likely N-dealkylation sites (tertiary alicyclic amines) is 1. The van der Waals surface area contributed by atoms with E-state index in [0.717, 1.165) is 13.0 Å². The van der Waals surface area contributed by atoms with Crippen LogP contribution in [0.3, 0.4) is 0 Å². The molecule has 4 rings (SSSR count). The first-order valence-corrected chi connectivity index (χ1v) is 8.85. The lowest BCUT2D eigenvalue weighted by Crippen LogP contribution is -2.29. The predicted molar refractivity (Wildman–Crippen MR) is 93.8 cm³/mol. The molecule has 1 aliphatic heterocycles. The highest BCUT2D eigenvalue weighted by molar-refractivity contribution is 5.92. The molecule has 140 valence electrons. The summed E-state index contributed by atoms with van der Waals surface area (Å²) >= 11 is 0. The molecule has 1 aliphatic rings. The minimum Gasteiger partial charge on any atom is -0.470 e. The van der Waals surface area contributed by atoms with E-state index in [2.05, 4.69) is 25.4 Å². The van der Waals surface area contributed by atoms with E-state index in [9.17, 15) is 4.79 Å². The summed E-state index contributed by atoms with van der Waals surface area (Å²) in [7, 11) is 0. The zero-order valence-corrected chi connectivity index (χ0v) is 15.0. The van der Waals surface area contributed by atoms with Gasteiger partial charge in [0.25, 0.3) is 5.91 Å². The second kappa shape index (κ2) is 7.52. The van der Waals surface area contributed by atoms with Gasteiger partial charge in [-0.3, -0.25) is 14.5 Å². The van der Waals surface area contributed by atoms with Gasteiger partial charge in [0, 0.05) is 38.2 Å². The molecular formula is C17H20N8O2. The van der Waals surface area contributed by atoms with E-state index in [4.69, 9.17) is 4.74 Å². The average molecular weight is 368 g/mol. The van der Waals surface area contributed by atoms with Gasteiger partial charge in [0.05, 0.1) is 18.4 Å². The van der Waals surface area contributed by atoms with Gasteiger partial charge in [-0.1, -0.05) is 5.21 Å². The number of carbonyl (C=O) groups is 1. The Morgan fingerprint density at radius 1 is 1.37 bits per heavy atom. The van der Waals surface area contributed by atoms with Gasteiger partial charge < -0.3 is 9.64 Å². The van der Waals surface area contributed by atoms with Crippen LogP contribution in [-0.2, 0) is 13.2 Å². The van der Waals surface area contributed by atoms with Crippen LogP contribution in [0.5, 0.6) is 5.88 Å². The Kier molecular flexibility index (Phi) is 4.77. The minimum atomic E-state index is -0.0453. The van der Waals surface area contributed by atoms with Crippen molar-refractivity contribution in [1.82, 2.24) is 39.6 Å². The Bertz CT molecular complexity index is 907. The quantitative estimate of drug-likeness (QED) is 0.638. The van der Waals surface area contributed by atoms with Gasteiger partial charge in [-0.25, -0.2) is 9.67 Å². The van der Waals surface area contributed by atoms with Gasteiger partial charge in [0.15, 0.2) is 0 Å². The molecule has 0 spiro atoms. The van der Waals surface area contributed by atoms with Crippen molar-refractivity contribution >= 4 is 5.91 Å². The van der Waals surface area contributed by atoms with Gasteiger partial charge in [0.2, 0.25) is 5.88 Å². The summed E-state index contributed by atoms with van der Waals surface area (Å²) in [5, 5.41) is 12.6. The lowest BCUT2D eigenvalue weighted by Gasteiger charge is -2.15. The van der Waals surface area contributed by atoms with Crippen LogP contribution in [0.1, 0.15) is 35.6 Å². The molecule has 0 N–H and O–H groups in total. The third kappa shape index (κ3) is 3.78. The first-order valence-electron chi connectivity index (χ1n) is 8.85. The number of nitrogens with zero attached hydrogens (tertiary/aromatic N) is 8. The van der Waals surface area contributed by atoms with E-state index < -0.39 is 0 Å². The number of aromatic nitrogens is 7. The highest BCUT2D eigenvalue weighted by atomic mass is 16.5. The second-order valence-electron chi connectivity index (χ2n) is 6.27. The van der Waals surface area contributed by atoms with Crippen molar-refractivity contribution in [2.45, 2.75) is 32.5 Å². The summed E-state index contributed by atoms with van der Waals surface area (Å²) in [6.45, 7) is 4.26. The predicted octanol–water partition coefficient (Wildman–Crippen LogP) is 0.951. The lowest BCUT2D eigenvalue weighted by molar-refractivity contribution is 0.0780. The van der Waals surface area contributed by atoms with Crippen molar-refractivity contribution in [1.29, 1.82) is 0 Å². The summed E-state index contributed by atoms with van der Waals surface area (Å²) in [4.78, 5) is 22.4. The molecule has 0 radical (unpaired) electrons. The van der Waals surface area contributed by atoms with Crippen LogP contribution in [0, 0.1) is 0 Å². The third-order valence-electron chi connectivity index (χ3n) is 4.47. The van der Waals surface area contributed by atoms with Crippen LogP contribution in [0.25, 0.3) is 0 Å². The van der Waals surface area contributed by atoms with Crippen molar-refractivity contribution in [2.75, 3.05) is 13.1 Å². The maximum atomic E-state index is 12.6. The fourth-order valence-corrected chi connectivity index (χ4v) is 3.02. The molecule has 1 amide bonds. The maximum absolute atomic E-state index is 12.6. The zero-order valence-electron chi connectivity index (χ0n) is 15.0. The summed E-state index contributed by atoms with van der Waals surface area (Å²) < 4.78 is 9.08. The normalized spacial score (nSPS) is 16.6. The van der Waals surface area contributed by atoms with Gasteiger partial charge in [-0.15, -0.1) is 5.10 Å². The third-order valence-corrected chi connectivity index (χ3v) is 4.47. The molecule has 0 saturated carbocycles. The molecule has 1 fully saturated rings. The summed E-state index contributed by atoms with van der Waals surface area (Å²) in [6.07, 6.45) is 9.20. The first kappa shape index (κ1) is 17.1. The molecule has 4 heterocycles. The lowest BCUT2D eigenvalue weighted by atomic mass is 10.3. The Balaban J connectivity index is 1.35. The second-order valence-corrected chi connectivity index (χ2v) is 6.27. The van der Waals surface area contributed by atoms with Gasteiger partial charge in [-0.05, 0) is 19.4 Å². The number of hydrogen-bond donors (Lipinski definition) is 0. The summed E-state index contributed by atoms with van der Waals surface area (Å²) in [5.41, 5.74) is 1.18. The van der Waals surface area contributed by atoms with E-state index in [0.29, 0.717) is 30.4 Å². The van der Waals surface area contributed by atoms with Crippen molar-refractivity contribution in [3.63, 3.8) is 0 Å². The molecule has 3 aromatic heterocycles. The highest BCUT2D eigenvalue weighted by Gasteiger charge is 2.29. The van der Waals surface area contributed by atoms with E-state index in [1.54, 1.807) is 34.0 Å². The number of hydrogen-bond acceptors (Lipinski definition) is 7. The molecule has 1 saturated heterocycles. The Morgan fingerprint density at radius 3 is 3.07 bits per heavy atom. The van der Waals surface area contributed by atoms with Crippen LogP contribution < -0.4 is 4.74 Å². The number of amides is 1. The largest absolute Gasteiger partial charge is 0.470 e. The van der Waals surface area contributed by atoms with Crippen molar-refractivity contribution in [3.8, 4) is 5.88 Å². The SMILES string of the molecule is CCn1ccc(C(=O)N2CCC(n3cc(COc4cnccn4)nn3)C2)n1. The van der Waals surface area contributed by atoms with Gasteiger partial charge >= 0.3 is 0 Å². The van der Waals surface area contributed by atoms with E-state index >= 15 is 0 Å². The van der Waals surface area contributed by atoms with E-state index in [1.807, 2.05) is 24.2 Å². The molecule has 10 heteroatoms. The molecule has 1 unspecified atom stereocenters. The molecule has 10 nitrogen and oxygen atoms in total. The minimum absolute atomic E-state index is 0.0453. The summed E-state index contributed by atoms with van der Waals surface area (Å²) in [5.74, 6) is 0.396. The number of rotatable bonds is 6. The standard InChI is InChI=1S/C17H20N8O2/c1-2-24-8-4-15(21-24)17(26)23-7-3-14(11-23)25-10-13(20-22-25)12-27-16-9-18-5-6-19-16/h4-6,8-10,14H,2-3,7,11-12H2,1H3. The van der Waals surface area contributed by atoms with Crippen molar-refractivity contribution in [2.24, 2.45) is 0 Å². The molecular weight excluding hydrogens is 348 g/mol. The van der Waals surface area contributed by atoms with E-state index in [-0.39, 0.29) is 18.6 Å². The van der Waals surface area contributed by atoms with Crippen molar-refractivity contribution < 1.29 is 9.53 Å². The van der Waals surface area contributed by atoms with Gasteiger partial charge in [0.1, 0.15) is 18.0 Å². The molecule has 0 aliphatic carbocycles. The Hall–Kier alpha value is -3.30. The van der Waals surface area contributed by atoms with Crippen LogP contribution in [-0.4, -0.2) is 58.6 Å². The smallest absolute Gasteiger partial charge is 0.274 e. The molecule has 27 heavy (non-hydrogen) atoms. The highest BCUT2D eigenvalue weighted by Crippen LogP contribution is 2.22. The topological polar surface area (TPSA) is 104 Å². The van der Waals surface area contributed by atoms with Crippen LogP contribution in [0.4, 0.5) is 0 Å². The average Bonchev–Trinajstić information content (AvgIpc) is 3.46. The first-order chi connectivity index (χ1) is 13.2. The molecule has 0 bridgehead atoms. The Morgan fingerprint density at radius 2 is 2.30 bits per heavy atom. The maximum Gasteiger partial charge on any atom is 0.274 e. The fraction of sp³-hybridized carbons (Fsp3) is 0.412. The van der Waals surface area contributed by atoms with Gasteiger partial charge in [-0.2, -0.15) is 5.10 Å². The zero-order chi connectivity index (χ0) is 18.6. The molecule has 0 aromatic carbocycles. The fourth-order valence-electron chi connectivity index (χ4n) is 3.02. The summed E-state index contributed by atoms with van der Waals surface area (Å²) in [6, 6.07) is 1.86. The van der Waals surface area contributed by atoms with E-state index in [1.165, 1.54) is 0 Å². The number of ether oxygens (including phenoxy) is 1. The monoisotopic (exact) mass is 368 g/mol. The Labute approximate surface area is 155 Å². The molecule has 3 aromatic rings.